The number of methoxy groups -OCH3 is 1. The van der Waals surface area contributed by atoms with Gasteiger partial charge in [-0.05, 0) is 88.8 Å². The molecule has 1 unspecified atom stereocenters. The first kappa shape index (κ1) is 21.4. The van der Waals surface area contributed by atoms with Crippen molar-refractivity contribution in [2.24, 2.45) is 0 Å². The number of pyridine rings is 1. The van der Waals surface area contributed by atoms with Crippen LogP contribution in [0.5, 0.6) is 11.5 Å². The zero-order valence-corrected chi connectivity index (χ0v) is 18.9. The minimum absolute atomic E-state index is 0.197. The Labute approximate surface area is 174 Å². The van der Waals surface area contributed by atoms with E-state index in [-0.39, 0.29) is 12.4 Å². The normalized spacial score (nSPS) is 18.2. The van der Waals surface area contributed by atoms with Crippen LogP contribution in [-0.2, 0) is 11.2 Å². The standard InChI is InChI=1S/C24H34N2O3/c1-15-12-16(2)26-21(13-15)25-11-10-24(6)9-8-20-19(5)22(28-14-27-7)17(3)18(4)23(20)29-24/h12-13H,8-11,14H2,1-7H3,(H,25,26). The first-order valence-corrected chi connectivity index (χ1v) is 10.4. The smallest absolute Gasteiger partial charge is 0.188 e. The third kappa shape index (κ3) is 4.67. The number of ether oxygens (including phenoxy) is 3. The van der Waals surface area contributed by atoms with Gasteiger partial charge in [0.05, 0.1) is 0 Å². The van der Waals surface area contributed by atoms with Crippen molar-refractivity contribution in [2.45, 2.75) is 66.4 Å². The molecule has 0 fully saturated rings. The molecule has 2 heterocycles. The summed E-state index contributed by atoms with van der Waals surface area (Å²) in [4.78, 5) is 4.57. The summed E-state index contributed by atoms with van der Waals surface area (Å²) in [6.07, 6.45) is 2.89. The van der Waals surface area contributed by atoms with E-state index in [0.29, 0.717) is 0 Å². The fourth-order valence-electron chi connectivity index (χ4n) is 4.18. The van der Waals surface area contributed by atoms with E-state index in [9.17, 15) is 0 Å². The Bertz CT molecular complexity index is 874. The van der Waals surface area contributed by atoms with Crippen LogP contribution >= 0.6 is 0 Å². The third-order valence-corrected chi connectivity index (χ3v) is 5.94. The summed E-state index contributed by atoms with van der Waals surface area (Å²) in [7, 11) is 1.64. The van der Waals surface area contributed by atoms with Crippen molar-refractivity contribution >= 4 is 5.82 Å². The van der Waals surface area contributed by atoms with Crippen LogP contribution in [0, 0.1) is 34.6 Å². The van der Waals surface area contributed by atoms with E-state index in [1.165, 1.54) is 16.7 Å². The lowest BCUT2D eigenvalue weighted by molar-refractivity contribution is 0.0472. The van der Waals surface area contributed by atoms with E-state index >= 15 is 0 Å². The topological polar surface area (TPSA) is 52.6 Å². The molecular weight excluding hydrogens is 364 g/mol. The van der Waals surface area contributed by atoms with E-state index in [4.69, 9.17) is 14.2 Å². The van der Waals surface area contributed by atoms with Gasteiger partial charge in [0.1, 0.15) is 22.9 Å². The van der Waals surface area contributed by atoms with Gasteiger partial charge in [-0.25, -0.2) is 4.98 Å². The van der Waals surface area contributed by atoms with E-state index in [1.54, 1.807) is 7.11 Å². The summed E-state index contributed by atoms with van der Waals surface area (Å²) < 4.78 is 17.6. The van der Waals surface area contributed by atoms with Crippen molar-refractivity contribution in [1.29, 1.82) is 0 Å². The zero-order chi connectivity index (χ0) is 21.2. The number of fused-ring (bicyclic) bond motifs is 1. The molecule has 1 atom stereocenters. The quantitative estimate of drug-likeness (QED) is 0.650. The molecule has 0 saturated heterocycles. The Balaban J connectivity index is 1.73. The molecule has 0 saturated carbocycles. The van der Waals surface area contributed by atoms with Gasteiger partial charge in [0.15, 0.2) is 6.79 Å². The number of anilines is 1. The highest BCUT2D eigenvalue weighted by atomic mass is 16.7. The van der Waals surface area contributed by atoms with Crippen molar-refractivity contribution in [2.75, 3.05) is 25.8 Å². The maximum atomic E-state index is 6.61. The van der Waals surface area contributed by atoms with Gasteiger partial charge >= 0.3 is 0 Å². The lowest BCUT2D eigenvalue weighted by Crippen LogP contribution is -2.39. The van der Waals surface area contributed by atoms with Crippen LogP contribution in [0.25, 0.3) is 0 Å². The average molecular weight is 399 g/mol. The summed E-state index contributed by atoms with van der Waals surface area (Å²) >= 11 is 0. The fraction of sp³-hybridized carbons (Fsp3) is 0.542. The molecule has 158 valence electrons. The Hall–Kier alpha value is -2.27. The third-order valence-electron chi connectivity index (χ3n) is 5.94. The zero-order valence-electron chi connectivity index (χ0n) is 18.9. The Morgan fingerprint density at radius 2 is 1.86 bits per heavy atom. The van der Waals surface area contributed by atoms with Crippen LogP contribution in [-0.4, -0.2) is 31.0 Å². The van der Waals surface area contributed by atoms with E-state index in [2.05, 4.69) is 57.1 Å². The van der Waals surface area contributed by atoms with Crippen LogP contribution in [0.2, 0.25) is 0 Å². The summed E-state index contributed by atoms with van der Waals surface area (Å²) in [5, 5.41) is 3.47. The molecule has 5 nitrogen and oxygen atoms in total. The van der Waals surface area contributed by atoms with Crippen LogP contribution in [0.15, 0.2) is 12.1 Å². The number of aryl methyl sites for hydroxylation is 2. The predicted octanol–water partition coefficient (Wildman–Crippen LogP) is 5.19. The van der Waals surface area contributed by atoms with Crippen molar-refractivity contribution < 1.29 is 14.2 Å². The molecule has 0 aliphatic carbocycles. The van der Waals surface area contributed by atoms with Gasteiger partial charge in [0.2, 0.25) is 0 Å². The molecule has 0 amide bonds. The van der Waals surface area contributed by atoms with Gasteiger partial charge in [0, 0.05) is 31.3 Å². The largest absolute Gasteiger partial charge is 0.487 e. The fourth-order valence-corrected chi connectivity index (χ4v) is 4.18. The maximum Gasteiger partial charge on any atom is 0.188 e. The van der Waals surface area contributed by atoms with E-state index in [1.807, 2.05) is 6.92 Å². The van der Waals surface area contributed by atoms with Gasteiger partial charge < -0.3 is 19.5 Å². The molecule has 2 aromatic rings. The van der Waals surface area contributed by atoms with Crippen LogP contribution in [0.1, 0.15) is 53.3 Å². The van der Waals surface area contributed by atoms with Crippen molar-refractivity contribution in [3.63, 3.8) is 0 Å². The molecule has 1 aromatic carbocycles. The molecule has 1 aliphatic rings. The van der Waals surface area contributed by atoms with Crippen LogP contribution in [0.3, 0.4) is 0 Å². The Morgan fingerprint density at radius 1 is 1.10 bits per heavy atom. The first-order valence-electron chi connectivity index (χ1n) is 10.4. The van der Waals surface area contributed by atoms with E-state index < -0.39 is 0 Å². The second-order valence-corrected chi connectivity index (χ2v) is 8.46. The molecule has 3 rings (SSSR count). The molecule has 1 aromatic heterocycles. The molecule has 0 radical (unpaired) electrons. The highest BCUT2D eigenvalue weighted by Gasteiger charge is 2.34. The summed E-state index contributed by atoms with van der Waals surface area (Å²) in [6, 6.07) is 4.18. The molecule has 5 heteroatoms. The number of aromatic nitrogens is 1. The van der Waals surface area contributed by atoms with Crippen molar-refractivity contribution in [1.82, 2.24) is 4.98 Å². The van der Waals surface area contributed by atoms with E-state index in [0.717, 1.165) is 59.9 Å². The molecule has 29 heavy (non-hydrogen) atoms. The average Bonchev–Trinajstić information content (AvgIpc) is 2.65. The summed E-state index contributed by atoms with van der Waals surface area (Å²) in [5.74, 6) is 2.89. The number of nitrogens with zero attached hydrogens (tertiary/aromatic N) is 1. The lowest BCUT2D eigenvalue weighted by Gasteiger charge is -2.38. The summed E-state index contributed by atoms with van der Waals surface area (Å²) in [6.45, 7) is 13.8. The Kier molecular flexibility index (Phi) is 6.37. The number of rotatable bonds is 7. The monoisotopic (exact) mass is 398 g/mol. The molecule has 1 aliphatic heterocycles. The minimum Gasteiger partial charge on any atom is -0.487 e. The molecular formula is C24H34N2O3. The Morgan fingerprint density at radius 3 is 2.55 bits per heavy atom. The van der Waals surface area contributed by atoms with Gasteiger partial charge in [-0.2, -0.15) is 0 Å². The van der Waals surface area contributed by atoms with Crippen molar-refractivity contribution in [3.8, 4) is 11.5 Å². The van der Waals surface area contributed by atoms with Gasteiger partial charge in [-0.1, -0.05) is 0 Å². The SMILES string of the molecule is COCOc1c(C)c(C)c2c(c1C)CCC(C)(CCNc1cc(C)cc(C)n1)O2. The van der Waals surface area contributed by atoms with Crippen LogP contribution in [0.4, 0.5) is 5.82 Å². The number of benzene rings is 1. The lowest BCUT2D eigenvalue weighted by atomic mass is 9.85. The molecule has 0 spiro atoms. The van der Waals surface area contributed by atoms with Gasteiger partial charge in [-0.3, -0.25) is 0 Å². The van der Waals surface area contributed by atoms with Crippen molar-refractivity contribution in [3.05, 3.63) is 45.6 Å². The van der Waals surface area contributed by atoms with Crippen LogP contribution < -0.4 is 14.8 Å². The van der Waals surface area contributed by atoms with Gasteiger partial charge in [-0.15, -0.1) is 0 Å². The highest BCUT2D eigenvalue weighted by Crippen LogP contribution is 2.44. The number of hydrogen-bond donors (Lipinski definition) is 1. The minimum atomic E-state index is -0.197. The number of hydrogen-bond acceptors (Lipinski definition) is 5. The first-order chi connectivity index (χ1) is 13.7. The highest BCUT2D eigenvalue weighted by molar-refractivity contribution is 5.59. The predicted molar refractivity (Wildman–Crippen MR) is 117 cm³/mol. The summed E-state index contributed by atoms with van der Waals surface area (Å²) in [5.41, 5.74) is 6.78. The number of nitrogens with one attached hydrogen (secondary N) is 1. The van der Waals surface area contributed by atoms with Gasteiger partial charge in [0.25, 0.3) is 0 Å². The second-order valence-electron chi connectivity index (χ2n) is 8.46. The second kappa shape index (κ2) is 8.62. The maximum absolute atomic E-state index is 6.61. The molecule has 1 N–H and O–H groups in total. The molecule has 0 bridgehead atoms.